The number of rotatable bonds is 8. The van der Waals surface area contributed by atoms with Gasteiger partial charge in [0.25, 0.3) is 0 Å². The second kappa shape index (κ2) is 8.94. The van der Waals surface area contributed by atoms with E-state index in [4.69, 9.17) is 4.74 Å². The van der Waals surface area contributed by atoms with Gasteiger partial charge in [-0.2, -0.15) is 0 Å². The lowest BCUT2D eigenvalue weighted by Crippen LogP contribution is -2.39. The predicted octanol–water partition coefficient (Wildman–Crippen LogP) is 3.03. The van der Waals surface area contributed by atoms with Crippen LogP contribution in [0.1, 0.15) is 31.2 Å². The van der Waals surface area contributed by atoms with Crippen molar-refractivity contribution in [2.45, 2.75) is 38.1 Å². The average molecular weight is 359 g/mol. The summed E-state index contributed by atoms with van der Waals surface area (Å²) in [7, 11) is 1.64. The molecule has 0 aliphatic heterocycles. The van der Waals surface area contributed by atoms with Gasteiger partial charge in [-0.05, 0) is 31.4 Å². The molecule has 1 aromatic rings. The van der Waals surface area contributed by atoms with Gasteiger partial charge in [0.1, 0.15) is 5.75 Å². The van der Waals surface area contributed by atoms with Crippen LogP contribution in [-0.2, 0) is 4.74 Å². The number of ether oxygens (including phenoxy) is 2. The van der Waals surface area contributed by atoms with Crippen molar-refractivity contribution in [2.24, 2.45) is 4.99 Å². The summed E-state index contributed by atoms with van der Waals surface area (Å²) in [6.45, 7) is 3.93. The van der Waals surface area contributed by atoms with Crippen molar-refractivity contribution in [3.05, 3.63) is 29.8 Å². The van der Waals surface area contributed by atoms with Gasteiger partial charge in [0.15, 0.2) is 5.96 Å². The Hall–Kier alpha value is -1.96. The van der Waals surface area contributed by atoms with Crippen molar-refractivity contribution < 1.29 is 22.6 Å². The zero-order valence-corrected chi connectivity index (χ0v) is 14.4. The van der Waals surface area contributed by atoms with Crippen LogP contribution >= 0.6 is 0 Å². The molecule has 0 amide bonds. The highest BCUT2D eigenvalue weighted by Gasteiger charge is 2.42. The SMILES string of the molecule is CCNC(=NCCCOC)NC1CC1c1ccccc1OC(F)(F)F. The van der Waals surface area contributed by atoms with Gasteiger partial charge in [0.2, 0.25) is 0 Å². The number of benzene rings is 1. The Morgan fingerprint density at radius 3 is 2.76 bits per heavy atom. The third-order valence-corrected chi connectivity index (χ3v) is 3.78. The molecule has 25 heavy (non-hydrogen) atoms. The first-order valence-electron chi connectivity index (χ1n) is 8.33. The quantitative estimate of drug-likeness (QED) is 0.426. The van der Waals surface area contributed by atoms with E-state index in [1.54, 1.807) is 19.2 Å². The van der Waals surface area contributed by atoms with E-state index in [2.05, 4.69) is 20.4 Å². The summed E-state index contributed by atoms with van der Waals surface area (Å²) in [5.74, 6) is 0.507. The normalized spacial score (nSPS) is 20.3. The van der Waals surface area contributed by atoms with Gasteiger partial charge in [-0.1, -0.05) is 18.2 Å². The predicted molar refractivity (Wildman–Crippen MR) is 89.9 cm³/mol. The van der Waals surface area contributed by atoms with Crippen LogP contribution in [-0.4, -0.2) is 45.2 Å². The lowest BCUT2D eigenvalue weighted by Gasteiger charge is -2.14. The minimum atomic E-state index is -4.69. The summed E-state index contributed by atoms with van der Waals surface area (Å²) in [6.07, 6.45) is -3.14. The molecule has 8 heteroatoms. The van der Waals surface area contributed by atoms with Gasteiger partial charge in [-0.3, -0.25) is 4.99 Å². The Labute approximate surface area is 145 Å². The zero-order valence-electron chi connectivity index (χ0n) is 14.4. The maximum atomic E-state index is 12.5. The molecule has 2 atom stereocenters. The van der Waals surface area contributed by atoms with Crippen molar-refractivity contribution in [1.82, 2.24) is 10.6 Å². The van der Waals surface area contributed by atoms with Crippen LogP contribution in [0.4, 0.5) is 13.2 Å². The van der Waals surface area contributed by atoms with E-state index >= 15 is 0 Å². The molecule has 2 rings (SSSR count). The number of para-hydroxylation sites is 1. The summed E-state index contributed by atoms with van der Waals surface area (Å²) in [4.78, 5) is 4.44. The summed E-state index contributed by atoms with van der Waals surface area (Å²) < 4.78 is 46.7. The van der Waals surface area contributed by atoms with Crippen LogP contribution in [0.5, 0.6) is 5.75 Å². The van der Waals surface area contributed by atoms with E-state index in [1.165, 1.54) is 12.1 Å². The van der Waals surface area contributed by atoms with Gasteiger partial charge >= 0.3 is 6.36 Å². The number of hydrogen-bond donors (Lipinski definition) is 2. The molecule has 1 aromatic carbocycles. The average Bonchev–Trinajstić information content (AvgIpc) is 3.29. The van der Waals surface area contributed by atoms with Crippen LogP contribution in [0, 0.1) is 0 Å². The number of guanidine groups is 1. The van der Waals surface area contributed by atoms with Gasteiger partial charge in [-0.15, -0.1) is 13.2 Å². The fraction of sp³-hybridized carbons (Fsp3) is 0.588. The second-order valence-corrected chi connectivity index (χ2v) is 5.79. The van der Waals surface area contributed by atoms with Crippen LogP contribution in [0.3, 0.4) is 0 Å². The lowest BCUT2D eigenvalue weighted by molar-refractivity contribution is -0.274. The van der Waals surface area contributed by atoms with Gasteiger partial charge in [0, 0.05) is 38.8 Å². The smallest absolute Gasteiger partial charge is 0.405 e. The number of nitrogens with one attached hydrogen (secondary N) is 2. The number of methoxy groups -OCH3 is 1. The van der Waals surface area contributed by atoms with Crippen molar-refractivity contribution >= 4 is 5.96 Å². The maximum absolute atomic E-state index is 12.5. The van der Waals surface area contributed by atoms with Crippen molar-refractivity contribution in [2.75, 3.05) is 26.8 Å². The molecule has 0 bridgehead atoms. The first kappa shape index (κ1) is 19.4. The van der Waals surface area contributed by atoms with E-state index in [0.717, 1.165) is 12.8 Å². The number of aliphatic imine (C=N–C) groups is 1. The molecular weight excluding hydrogens is 335 g/mol. The van der Waals surface area contributed by atoms with E-state index in [9.17, 15) is 13.2 Å². The standard InChI is InChI=1S/C17H24F3N3O2/c1-3-21-16(22-9-6-10-24-2)23-14-11-13(14)12-7-4-5-8-15(12)25-17(18,19)20/h4-5,7-8,13-14H,3,6,9-11H2,1-2H3,(H2,21,22,23). The first-order valence-corrected chi connectivity index (χ1v) is 8.33. The maximum Gasteiger partial charge on any atom is 0.573 e. The summed E-state index contributed by atoms with van der Waals surface area (Å²) in [5.41, 5.74) is 0.563. The van der Waals surface area contributed by atoms with Crippen LogP contribution in [0.25, 0.3) is 0 Å². The molecule has 5 nitrogen and oxygen atoms in total. The molecule has 0 spiro atoms. The van der Waals surface area contributed by atoms with Gasteiger partial charge < -0.3 is 20.1 Å². The molecule has 1 fully saturated rings. The molecule has 1 aliphatic rings. The van der Waals surface area contributed by atoms with Crippen LogP contribution in [0.2, 0.25) is 0 Å². The second-order valence-electron chi connectivity index (χ2n) is 5.79. The van der Waals surface area contributed by atoms with Crippen molar-refractivity contribution in [3.63, 3.8) is 0 Å². The fourth-order valence-corrected chi connectivity index (χ4v) is 2.60. The molecule has 1 saturated carbocycles. The molecule has 2 unspecified atom stereocenters. The molecular formula is C17H24F3N3O2. The molecule has 2 N–H and O–H groups in total. The van der Waals surface area contributed by atoms with E-state index in [1.807, 2.05) is 6.92 Å². The Bertz CT molecular complexity index is 579. The number of hydrogen-bond acceptors (Lipinski definition) is 3. The van der Waals surface area contributed by atoms with Crippen molar-refractivity contribution in [3.8, 4) is 5.75 Å². The molecule has 0 saturated heterocycles. The number of nitrogens with zero attached hydrogens (tertiary/aromatic N) is 1. The van der Waals surface area contributed by atoms with E-state index < -0.39 is 6.36 Å². The minimum absolute atomic E-state index is 0.0265. The Kier molecular flexibility index (Phi) is 6.92. The number of alkyl halides is 3. The monoisotopic (exact) mass is 359 g/mol. The first-order chi connectivity index (χ1) is 11.9. The topological polar surface area (TPSA) is 54.9 Å². The highest BCUT2D eigenvalue weighted by Crippen LogP contribution is 2.45. The summed E-state index contributed by atoms with van der Waals surface area (Å²) in [5, 5.41) is 6.41. The Morgan fingerprint density at radius 2 is 2.08 bits per heavy atom. The highest BCUT2D eigenvalue weighted by atomic mass is 19.4. The molecule has 140 valence electrons. The minimum Gasteiger partial charge on any atom is -0.405 e. The Balaban J connectivity index is 1.97. The summed E-state index contributed by atoms with van der Waals surface area (Å²) in [6, 6.07) is 6.32. The molecule has 0 radical (unpaired) electrons. The highest BCUT2D eigenvalue weighted by molar-refractivity contribution is 5.80. The van der Waals surface area contributed by atoms with Gasteiger partial charge in [-0.25, -0.2) is 0 Å². The lowest BCUT2D eigenvalue weighted by atomic mass is 10.1. The van der Waals surface area contributed by atoms with Crippen LogP contribution in [0.15, 0.2) is 29.3 Å². The summed E-state index contributed by atoms with van der Waals surface area (Å²) >= 11 is 0. The zero-order chi connectivity index (χ0) is 18.3. The molecule has 0 heterocycles. The van der Waals surface area contributed by atoms with Crippen molar-refractivity contribution in [1.29, 1.82) is 0 Å². The van der Waals surface area contributed by atoms with Gasteiger partial charge in [0.05, 0.1) is 0 Å². The third-order valence-electron chi connectivity index (χ3n) is 3.78. The van der Waals surface area contributed by atoms with Crippen LogP contribution < -0.4 is 15.4 Å². The third kappa shape index (κ3) is 6.45. The molecule has 0 aromatic heterocycles. The van der Waals surface area contributed by atoms with E-state index in [-0.39, 0.29) is 17.7 Å². The number of halogens is 3. The fourth-order valence-electron chi connectivity index (χ4n) is 2.60. The molecule has 1 aliphatic carbocycles. The van der Waals surface area contributed by atoms with E-state index in [0.29, 0.717) is 31.2 Å². The largest absolute Gasteiger partial charge is 0.573 e. The Morgan fingerprint density at radius 1 is 1.32 bits per heavy atom.